The molecule has 2 aromatic carbocycles. The molecule has 0 bridgehead atoms. The molecular weight excluding hydrogens is 542 g/mol. The Kier molecular flexibility index (Phi) is 5.40. The van der Waals surface area contributed by atoms with E-state index in [1.165, 1.54) is 69.0 Å². The first-order valence-corrected chi connectivity index (χ1v) is 17.8. The molecule has 8 aliphatic rings. The van der Waals surface area contributed by atoms with Gasteiger partial charge in [-0.2, -0.15) is 0 Å². The summed E-state index contributed by atoms with van der Waals surface area (Å²) in [6.45, 7) is 7.17. The number of piperidine rings is 1. The van der Waals surface area contributed by atoms with Crippen LogP contribution < -0.4 is 4.74 Å². The van der Waals surface area contributed by atoms with E-state index in [0.717, 1.165) is 48.6 Å². The van der Waals surface area contributed by atoms with E-state index in [1.807, 2.05) is 30.3 Å². The fourth-order valence-electron chi connectivity index (χ4n) is 13.5. The van der Waals surface area contributed by atoms with Gasteiger partial charge in [-0.1, -0.05) is 49.8 Å². The monoisotopic (exact) mass is 589 g/mol. The zero-order valence-electron chi connectivity index (χ0n) is 26.5. The van der Waals surface area contributed by atoms with E-state index < -0.39 is 0 Å². The number of allylic oxidation sites excluding steroid dienone is 2. The third-order valence-electron chi connectivity index (χ3n) is 15.1. The maximum absolute atomic E-state index is 12.4. The molecule has 0 N–H and O–H groups in total. The fourth-order valence-corrected chi connectivity index (χ4v) is 13.5. The van der Waals surface area contributed by atoms with Gasteiger partial charge in [-0.15, -0.1) is 0 Å². The van der Waals surface area contributed by atoms with E-state index in [2.05, 4.69) is 49.1 Å². The van der Waals surface area contributed by atoms with Gasteiger partial charge in [0.05, 0.1) is 11.7 Å². The topological polar surface area (TPSA) is 38.8 Å². The van der Waals surface area contributed by atoms with Crippen molar-refractivity contribution >= 4 is 5.78 Å². The minimum atomic E-state index is 0.129. The van der Waals surface area contributed by atoms with Gasteiger partial charge in [0.25, 0.3) is 0 Å². The van der Waals surface area contributed by atoms with Crippen LogP contribution in [0.5, 0.6) is 11.5 Å². The molecule has 44 heavy (non-hydrogen) atoms. The summed E-state index contributed by atoms with van der Waals surface area (Å²) in [4.78, 5) is 15.2. The lowest BCUT2D eigenvalue weighted by Gasteiger charge is -2.60. The number of fused-ring (bicyclic) bond motifs is 6. The Morgan fingerprint density at radius 1 is 0.932 bits per heavy atom. The van der Waals surface area contributed by atoms with Gasteiger partial charge in [0.15, 0.2) is 5.78 Å². The summed E-state index contributed by atoms with van der Waals surface area (Å²) < 4.78 is 13.6. The van der Waals surface area contributed by atoms with E-state index in [-0.39, 0.29) is 11.0 Å². The Morgan fingerprint density at radius 2 is 1.75 bits per heavy atom. The molecule has 0 radical (unpaired) electrons. The zero-order valence-corrected chi connectivity index (χ0v) is 26.5. The quantitative estimate of drug-likeness (QED) is 0.359. The molecule has 10 rings (SSSR count). The number of likely N-dealkylation sites (tertiary alicyclic amines) is 1. The van der Waals surface area contributed by atoms with Gasteiger partial charge in [-0.3, -0.25) is 9.69 Å². The van der Waals surface area contributed by atoms with Gasteiger partial charge in [-0.05, 0) is 128 Å². The predicted octanol–water partition coefficient (Wildman–Crippen LogP) is 8.36. The van der Waals surface area contributed by atoms with Crippen molar-refractivity contribution in [2.75, 3.05) is 6.54 Å². The standard InChI is InChI=1S/C40H47NO3/c1-25-18-35-36(41(22-25)23-26-8-11-30(12-9-26)43-29-6-4-3-5-7-29)34-21-39-24-38(39)20-33-31(32(38)15-17-40(34,39)44-35)13-10-27-19-28(42)14-16-37(27,33)2/h3-9,11-12,19,25,31-36H,10,13-18,20-24H2,1-2H3/t25-,31-,32-,33-,34+,35+,36-,37?,38?,39?,40+/m0/s1. The Bertz CT molecular complexity index is 1550. The van der Waals surface area contributed by atoms with Crippen LogP contribution in [0, 0.1) is 45.8 Å². The molecule has 5 saturated carbocycles. The zero-order chi connectivity index (χ0) is 29.5. The first-order valence-electron chi connectivity index (χ1n) is 17.8. The van der Waals surface area contributed by atoms with Gasteiger partial charge < -0.3 is 9.47 Å². The van der Waals surface area contributed by atoms with E-state index in [4.69, 9.17) is 9.47 Å². The van der Waals surface area contributed by atoms with Crippen molar-refractivity contribution in [3.63, 3.8) is 0 Å². The van der Waals surface area contributed by atoms with Crippen LogP contribution in [0.1, 0.15) is 83.6 Å². The van der Waals surface area contributed by atoms with Crippen LogP contribution in [0.25, 0.3) is 0 Å². The van der Waals surface area contributed by atoms with Crippen molar-refractivity contribution in [3.05, 3.63) is 71.8 Å². The highest BCUT2D eigenvalue weighted by molar-refractivity contribution is 5.91. The molecule has 2 saturated heterocycles. The molecule has 3 unspecified atom stereocenters. The third-order valence-corrected chi connectivity index (χ3v) is 15.1. The largest absolute Gasteiger partial charge is 0.457 e. The Morgan fingerprint density at radius 3 is 2.59 bits per heavy atom. The SMILES string of the molecule is C[C@H]1C[C@H]2O[C@@]34CC[C@H]5[C@@H]6CCC7=CC(=O)CCC7(C)[C@H]6CC56CC63C[C@@H]4[C@@H]2N(Cc2ccc(Oc3ccccc3)cc2)C1. The molecule has 2 aromatic rings. The lowest BCUT2D eigenvalue weighted by atomic mass is 9.47. The molecule has 4 heteroatoms. The molecule has 2 heterocycles. The number of carbonyl (C=O) groups excluding carboxylic acids is 1. The highest BCUT2D eigenvalue weighted by atomic mass is 16.5. The number of ether oxygens (including phenoxy) is 2. The highest BCUT2D eigenvalue weighted by Crippen LogP contribution is 2.93. The lowest BCUT2D eigenvalue weighted by Crippen LogP contribution is -2.64. The number of para-hydroxylation sites is 1. The predicted molar refractivity (Wildman–Crippen MR) is 170 cm³/mol. The fraction of sp³-hybridized carbons (Fsp3) is 0.625. The number of nitrogens with zero attached hydrogens (tertiary/aromatic N) is 1. The molecule has 11 atom stereocenters. The lowest BCUT2D eigenvalue weighted by molar-refractivity contribution is -0.211. The molecule has 3 spiro atoms. The minimum absolute atomic E-state index is 0.129. The molecule has 7 fully saturated rings. The van der Waals surface area contributed by atoms with Crippen LogP contribution in [0.2, 0.25) is 0 Å². The van der Waals surface area contributed by atoms with Crippen LogP contribution in [0.15, 0.2) is 66.2 Å². The summed E-state index contributed by atoms with van der Waals surface area (Å²) in [5, 5.41) is 0. The van der Waals surface area contributed by atoms with E-state index in [0.29, 0.717) is 40.6 Å². The normalized spacial score (nSPS) is 47.9. The molecule has 0 aromatic heterocycles. The van der Waals surface area contributed by atoms with Crippen molar-refractivity contribution in [1.29, 1.82) is 0 Å². The van der Waals surface area contributed by atoms with Gasteiger partial charge >= 0.3 is 0 Å². The van der Waals surface area contributed by atoms with Gasteiger partial charge in [0, 0.05) is 36.9 Å². The van der Waals surface area contributed by atoms with E-state index >= 15 is 0 Å². The van der Waals surface area contributed by atoms with Crippen molar-refractivity contribution in [2.24, 2.45) is 45.8 Å². The third kappa shape index (κ3) is 3.30. The first-order chi connectivity index (χ1) is 21.3. The second-order valence-electron chi connectivity index (χ2n) is 16.8. The highest BCUT2D eigenvalue weighted by Gasteiger charge is 2.91. The van der Waals surface area contributed by atoms with Gasteiger partial charge in [0.2, 0.25) is 0 Å². The molecule has 0 amide bonds. The number of ketones is 1. The van der Waals surface area contributed by atoms with Crippen LogP contribution >= 0.6 is 0 Å². The second-order valence-corrected chi connectivity index (χ2v) is 16.8. The van der Waals surface area contributed by atoms with Crippen molar-refractivity contribution < 1.29 is 14.3 Å². The van der Waals surface area contributed by atoms with Crippen LogP contribution in [0.3, 0.4) is 0 Å². The second kappa shape index (κ2) is 8.88. The van der Waals surface area contributed by atoms with Gasteiger partial charge in [-0.25, -0.2) is 0 Å². The summed E-state index contributed by atoms with van der Waals surface area (Å²) in [7, 11) is 0. The average Bonchev–Trinajstić information content (AvgIpc) is 3.50. The summed E-state index contributed by atoms with van der Waals surface area (Å²) in [6.07, 6.45) is 15.0. The van der Waals surface area contributed by atoms with Crippen molar-refractivity contribution in [1.82, 2.24) is 4.90 Å². The van der Waals surface area contributed by atoms with E-state index in [9.17, 15) is 4.79 Å². The van der Waals surface area contributed by atoms with Crippen LogP contribution in [-0.2, 0) is 16.1 Å². The van der Waals surface area contributed by atoms with E-state index in [1.54, 1.807) is 0 Å². The molecule has 230 valence electrons. The van der Waals surface area contributed by atoms with Crippen LogP contribution in [-0.4, -0.2) is 35.0 Å². The number of benzene rings is 2. The maximum atomic E-state index is 12.4. The molecule has 6 aliphatic carbocycles. The Labute approximate surface area is 262 Å². The summed E-state index contributed by atoms with van der Waals surface area (Å²) >= 11 is 0. The Balaban J connectivity index is 0.901. The summed E-state index contributed by atoms with van der Waals surface area (Å²) in [5.41, 5.74) is 4.25. The number of carbonyl (C=O) groups is 1. The van der Waals surface area contributed by atoms with Gasteiger partial charge in [0.1, 0.15) is 11.5 Å². The number of hydrogen-bond donors (Lipinski definition) is 0. The van der Waals surface area contributed by atoms with Crippen molar-refractivity contribution in [2.45, 2.75) is 102 Å². The Hall–Kier alpha value is -2.43. The summed E-state index contributed by atoms with van der Waals surface area (Å²) in [6, 6.07) is 19.4. The summed E-state index contributed by atoms with van der Waals surface area (Å²) in [5.74, 6) is 6.07. The van der Waals surface area contributed by atoms with Crippen molar-refractivity contribution in [3.8, 4) is 11.5 Å². The number of rotatable bonds is 4. The smallest absolute Gasteiger partial charge is 0.155 e. The molecule has 4 nitrogen and oxygen atoms in total. The molecular formula is C40H47NO3. The van der Waals surface area contributed by atoms with Crippen LogP contribution in [0.4, 0.5) is 0 Å². The maximum Gasteiger partial charge on any atom is 0.155 e. The average molecular weight is 590 g/mol. The molecule has 2 aliphatic heterocycles. The minimum Gasteiger partial charge on any atom is -0.457 e. The first kappa shape index (κ1) is 26.8. The number of hydrogen-bond acceptors (Lipinski definition) is 4.